The van der Waals surface area contributed by atoms with Crippen molar-refractivity contribution in [3.8, 4) is 0 Å². The molecule has 0 rings (SSSR count). The molecule has 0 radical (unpaired) electrons. The summed E-state index contributed by atoms with van der Waals surface area (Å²) in [4.78, 5) is 0. The Morgan fingerprint density at radius 2 is 1.25 bits per heavy atom. The van der Waals surface area contributed by atoms with Crippen LogP contribution in [0.15, 0.2) is 0 Å². The zero-order valence-electron chi connectivity index (χ0n) is 5.77. The normalized spacial score (nSPS) is 0. The minimum absolute atomic E-state index is 0. The van der Waals surface area contributed by atoms with E-state index in [0.717, 1.165) is 0 Å². The SMILES string of the molecule is [AlH3].[Ba+2].[Ca+2].[Fe].[H-].[H-].[H-].[H-]. The Kier molecular flexibility index (Phi) is 97.8. The Labute approximate surface area is 123 Å². The Morgan fingerprint density at radius 3 is 1.25 bits per heavy atom. The summed E-state index contributed by atoms with van der Waals surface area (Å²) in [5.74, 6) is 0. The van der Waals surface area contributed by atoms with Crippen LogP contribution in [0.3, 0.4) is 0 Å². The molecule has 0 bridgehead atoms. The molecule has 22 valence electrons. The smallest absolute Gasteiger partial charge is 1.00 e. The summed E-state index contributed by atoms with van der Waals surface area (Å²) in [6.45, 7) is 0. The topological polar surface area (TPSA) is 0 Å². The van der Waals surface area contributed by atoms with E-state index in [1.165, 1.54) is 0 Å². The summed E-state index contributed by atoms with van der Waals surface area (Å²) in [5.41, 5.74) is 0. The van der Waals surface area contributed by atoms with E-state index in [-0.39, 0.29) is 127 Å². The van der Waals surface area contributed by atoms with Crippen LogP contribution in [0.1, 0.15) is 5.71 Å². The van der Waals surface area contributed by atoms with Gasteiger partial charge in [0.1, 0.15) is 0 Å². The maximum Gasteiger partial charge on any atom is 2.00 e. The molecule has 0 heterocycles. The van der Waals surface area contributed by atoms with Gasteiger partial charge in [0.15, 0.2) is 17.4 Å². The zero-order chi connectivity index (χ0) is 0. The predicted molar refractivity (Wildman–Crippen MR) is 25.9 cm³/mol. The van der Waals surface area contributed by atoms with Crippen LogP contribution in [0.5, 0.6) is 0 Å². The van der Waals surface area contributed by atoms with E-state index >= 15 is 0 Å². The van der Waals surface area contributed by atoms with E-state index in [1.807, 2.05) is 0 Å². The molecule has 0 N–H and O–H groups in total. The monoisotopic (exact) mass is 268 g/mol. The van der Waals surface area contributed by atoms with Crippen LogP contribution in [0.25, 0.3) is 0 Å². The van der Waals surface area contributed by atoms with Crippen molar-refractivity contribution >= 4 is 104 Å². The quantitative estimate of drug-likeness (QED) is 0.469. The first-order valence-electron chi connectivity index (χ1n) is 0. The van der Waals surface area contributed by atoms with Gasteiger partial charge in [0.2, 0.25) is 0 Å². The van der Waals surface area contributed by atoms with Gasteiger partial charge in [-0.25, -0.2) is 0 Å². The van der Waals surface area contributed by atoms with E-state index < -0.39 is 0 Å². The van der Waals surface area contributed by atoms with Gasteiger partial charge in [-0.3, -0.25) is 0 Å². The van der Waals surface area contributed by atoms with Gasteiger partial charge < -0.3 is 5.71 Å². The summed E-state index contributed by atoms with van der Waals surface area (Å²) >= 11 is 0. The third kappa shape index (κ3) is 9.30. The second kappa shape index (κ2) is 15.8. The molecule has 4 heavy (non-hydrogen) atoms. The van der Waals surface area contributed by atoms with E-state index in [9.17, 15) is 0 Å². The summed E-state index contributed by atoms with van der Waals surface area (Å²) < 4.78 is 0. The second-order valence-corrected chi connectivity index (χ2v) is 0. The van der Waals surface area contributed by atoms with Crippen LogP contribution in [-0.2, 0) is 17.1 Å². The van der Waals surface area contributed by atoms with Crippen molar-refractivity contribution in [3.63, 3.8) is 0 Å². The van der Waals surface area contributed by atoms with Crippen molar-refractivity contribution < 1.29 is 22.8 Å². The first-order chi connectivity index (χ1) is 0. The predicted octanol–water partition coefficient (Wildman–Crippen LogP) is -1.50. The summed E-state index contributed by atoms with van der Waals surface area (Å²) in [7, 11) is 0. The Bertz CT molecular complexity index is 16.0. The number of hydrogen-bond donors (Lipinski definition) is 0. The molecule has 0 aliphatic carbocycles. The molecule has 0 aromatic carbocycles. The molecular weight excluding hydrogens is 260 g/mol. The minimum Gasteiger partial charge on any atom is -1.00 e. The minimum atomic E-state index is 0. The molecule has 0 spiro atoms. The zero-order valence-corrected chi connectivity index (χ0v) is 9.52. The van der Waals surface area contributed by atoms with Crippen molar-refractivity contribution in [2.45, 2.75) is 0 Å². The van der Waals surface area contributed by atoms with Crippen molar-refractivity contribution in [2.75, 3.05) is 0 Å². The fraction of sp³-hybridized carbons (Fsp3) is 0. The molecule has 0 unspecified atom stereocenters. The van der Waals surface area contributed by atoms with Gasteiger partial charge in [0.25, 0.3) is 0 Å². The molecule has 0 nitrogen and oxygen atoms in total. The molecular formula is H7AlBaCaFe. The van der Waals surface area contributed by atoms with Gasteiger partial charge in [-0.05, 0) is 0 Å². The van der Waals surface area contributed by atoms with Gasteiger partial charge in [-0.2, -0.15) is 0 Å². The van der Waals surface area contributed by atoms with Crippen LogP contribution in [-0.4, -0.2) is 104 Å². The van der Waals surface area contributed by atoms with Crippen LogP contribution >= 0.6 is 0 Å². The molecule has 0 aromatic heterocycles. The van der Waals surface area contributed by atoms with E-state index in [0.29, 0.717) is 0 Å². The van der Waals surface area contributed by atoms with Crippen LogP contribution < -0.4 is 0 Å². The van der Waals surface area contributed by atoms with E-state index in [2.05, 4.69) is 0 Å². The molecule has 0 aromatic rings. The molecule has 0 aliphatic rings. The van der Waals surface area contributed by atoms with Gasteiger partial charge in [0.05, 0.1) is 0 Å². The largest absolute Gasteiger partial charge is 2.00 e. The molecule has 0 saturated carbocycles. The number of rotatable bonds is 0. The van der Waals surface area contributed by atoms with Crippen molar-refractivity contribution in [1.82, 2.24) is 0 Å². The first kappa shape index (κ1) is 24.8. The third-order valence-corrected chi connectivity index (χ3v) is 0. The molecule has 0 saturated heterocycles. The van der Waals surface area contributed by atoms with E-state index in [4.69, 9.17) is 0 Å². The van der Waals surface area contributed by atoms with Crippen molar-refractivity contribution in [2.24, 2.45) is 0 Å². The first-order valence-corrected chi connectivity index (χ1v) is 0. The molecule has 4 heteroatoms. The molecule has 0 amide bonds. The Hall–Kier alpha value is 3.88. The molecule has 0 fully saturated rings. The fourth-order valence-electron chi connectivity index (χ4n) is 0. The fourth-order valence-corrected chi connectivity index (χ4v) is 0. The third-order valence-electron chi connectivity index (χ3n) is 0. The van der Waals surface area contributed by atoms with Gasteiger partial charge in [-0.15, -0.1) is 0 Å². The molecule has 0 atom stereocenters. The van der Waals surface area contributed by atoms with Crippen molar-refractivity contribution in [3.05, 3.63) is 0 Å². The van der Waals surface area contributed by atoms with Gasteiger partial charge in [0, 0.05) is 17.1 Å². The second-order valence-electron chi connectivity index (χ2n) is 0. The maximum absolute atomic E-state index is 0. The standard InChI is InChI=1S/Al.Ba.Ca.Fe.7H/q;2*+2;;;;;4*-1. The van der Waals surface area contributed by atoms with Gasteiger partial charge >= 0.3 is 86.6 Å². The average molecular weight is 267 g/mol. The summed E-state index contributed by atoms with van der Waals surface area (Å²) in [6, 6.07) is 0. The Morgan fingerprint density at radius 1 is 1.25 bits per heavy atom. The van der Waals surface area contributed by atoms with Crippen LogP contribution in [0.2, 0.25) is 0 Å². The Balaban J connectivity index is 0. The summed E-state index contributed by atoms with van der Waals surface area (Å²) in [6.07, 6.45) is 0. The van der Waals surface area contributed by atoms with E-state index in [1.54, 1.807) is 0 Å². The summed E-state index contributed by atoms with van der Waals surface area (Å²) in [5, 5.41) is 0. The maximum atomic E-state index is 0. The van der Waals surface area contributed by atoms with Gasteiger partial charge in [-0.1, -0.05) is 0 Å². The average Bonchev–Trinajstić information content (AvgIpc) is 0. The molecule has 0 aliphatic heterocycles. The van der Waals surface area contributed by atoms with Crippen molar-refractivity contribution in [1.29, 1.82) is 0 Å². The van der Waals surface area contributed by atoms with Crippen LogP contribution in [0.4, 0.5) is 0 Å². The van der Waals surface area contributed by atoms with Crippen LogP contribution in [0, 0.1) is 0 Å². The number of hydrogen-bond acceptors (Lipinski definition) is 0.